The van der Waals surface area contributed by atoms with Crippen LogP contribution in [0.1, 0.15) is 42.9 Å². The van der Waals surface area contributed by atoms with E-state index in [1.54, 1.807) is 0 Å². The van der Waals surface area contributed by atoms with Gasteiger partial charge in [0.15, 0.2) is 5.82 Å². The van der Waals surface area contributed by atoms with E-state index in [2.05, 4.69) is 166 Å². The quantitative estimate of drug-likeness (QED) is 0.188. The molecule has 1 aliphatic heterocycles. The average Bonchev–Trinajstić information content (AvgIpc) is 3.66. The van der Waals surface area contributed by atoms with E-state index in [1.165, 1.54) is 48.7 Å². The number of nitrogens with zero attached hydrogens (tertiary/aromatic N) is 2. The van der Waals surface area contributed by atoms with Crippen LogP contribution in [-0.4, -0.2) is 15.2 Å². The zero-order valence-corrected chi connectivity index (χ0v) is 29.0. The predicted octanol–water partition coefficient (Wildman–Crippen LogP) is 10.0. The third-order valence-electron chi connectivity index (χ3n) is 11.3. The summed E-state index contributed by atoms with van der Waals surface area (Å²) in [5, 5.41) is 3.22. The fourth-order valence-corrected chi connectivity index (χ4v) is 10.3. The molecule has 0 saturated carbocycles. The molecule has 2 heterocycles. The summed E-state index contributed by atoms with van der Waals surface area (Å²) in [6, 6.07) is 48.1. The summed E-state index contributed by atoms with van der Waals surface area (Å²) >= 11 is 2.04. The van der Waals surface area contributed by atoms with Gasteiger partial charge in [-0.2, -0.15) is 0 Å². The molecular formula is C47H36N2S. The van der Waals surface area contributed by atoms with Crippen molar-refractivity contribution >= 4 is 29.0 Å². The van der Waals surface area contributed by atoms with Gasteiger partial charge in [0, 0.05) is 44.1 Å². The van der Waals surface area contributed by atoms with Crippen LogP contribution in [0.3, 0.4) is 0 Å². The Morgan fingerprint density at radius 1 is 0.660 bits per heavy atom. The van der Waals surface area contributed by atoms with Crippen molar-refractivity contribution in [1.29, 1.82) is 0 Å². The van der Waals surface area contributed by atoms with Gasteiger partial charge in [-0.3, -0.25) is 0 Å². The van der Waals surface area contributed by atoms with Gasteiger partial charge in [-0.15, -0.1) is 11.8 Å². The highest BCUT2D eigenvalue weighted by Crippen LogP contribution is 2.58. The third kappa shape index (κ3) is 4.64. The van der Waals surface area contributed by atoms with Crippen LogP contribution in [0.2, 0.25) is 0 Å². The zero-order valence-electron chi connectivity index (χ0n) is 28.2. The largest absolute Gasteiger partial charge is 0.228 e. The van der Waals surface area contributed by atoms with E-state index in [4.69, 9.17) is 9.97 Å². The number of benzene rings is 5. The first kappa shape index (κ1) is 29.6. The molecule has 0 N–H and O–H groups in total. The lowest BCUT2D eigenvalue weighted by molar-refractivity contribution is 0.634. The third-order valence-corrected chi connectivity index (χ3v) is 12.6. The van der Waals surface area contributed by atoms with Crippen LogP contribution in [-0.2, 0) is 5.41 Å². The van der Waals surface area contributed by atoms with Gasteiger partial charge in [0.2, 0.25) is 0 Å². The first-order valence-corrected chi connectivity index (χ1v) is 18.5. The van der Waals surface area contributed by atoms with Gasteiger partial charge in [0.1, 0.15) is 0 Å². The molecular weight excluding hydrogens is 625 g/mol. The van der Waals surface area contributed by atoms with E-state index < -0.39 is 0 Å². The van der Waals surface area contributed by atoms with E-state index >= 15 is 0 Å². The number of allylic oxidation sites excluding steroid dienone is 3. The lowest BCUT2D eigenvalue weighted by Gasteiger charge is -2.34. The van der Waals surface area contributed by atoms with Crippen LogP contribution in [0.4, 0.5) is 0 Å². The fourth-order valence-electron chi connectivity index (χ4n) is 8.94. The molecule has 0 bridgehead atoms. The minimum atomic E-state index is -0.160. The smallest absolute Gasteiger partial charge is 0.160 e. The fraction of sp³-hybridized carbons (Fsp3) is 0.149. The van der Waals surface area contributed by atoms with Crippen molar-refractivity contribution in [3.8, 4) is 33.9 Å². The SMILES string of the molecule is CC1(C)C2=c3ccccc3=CC(C3=CC=C4c5ccccc5SC4C3)C2c2ccc(-c3nc(-c4ccccc4)cc(-c4ccccc4)n3)cc21. The van der Waals surface area contributed by atoms with E-state index in [0.29, 0.717) is 11.2 Å². The van der Waals surface area contributed by atoms with Crippen LogP contribution in [0.25, 0.3) is 51.1 Å². The molecule has 3 unspecified atom stereocenters. The summed E-state index contributed by atoms with van der Waals surface area (Å²) in [4.78, 5) is 11.8. The normalized spacial score (nSPS) is 20.8. The Hall–Kier alpha value is -5.25. The highest BCUT2D eigenvalue weighted by atomic mass is 32.2. The Morgan fingerprint density at radius 3 is 2.10 bits per heavy atom. The van der Waals surface area contributed by atoms with E-state index in [9.17, 15) is 0 Å². The summed E-state index contributed by atoms with van der Waals surface area (Å²) in [7, 11) is 0. The van der Waals surface area contributed by atoms with Crippen molar-refractivity contribution in [3.05, 3.63) is 178 Å². The molecule has 0 radical (unpaired) electrons. The molecule has 240 valence electrons. The minimum Gasteiger partial charge on any atom is -0.228 e. The van der Waals surface area contributed by atoms with Crippen molar-refractivity contribution in [3.63, 3.8) is 0 Å². The molecule has 0 amide bonds. The summed E-state index contributed by atoms with van der Waals surface area (Å²) < 4.78 is 0. The van der Waals surface area contributed by atoms with Crippen LogP contribution >= 0.6 is 11.8 Å². The molecule has 3 atom stereocenters. The van der Waals surface area contributed by atoms with Crippen LogP contribution in [0.15, 0.2) is 156 Å². The number of aromatic nitrogens is 2. The molecule has 0 fully saturated rings. The topological polar surface area (TPSA) is 25.8 Å². The average molecular weight is 661 g/mol. The first-order valence-electron chi connectivity index (χ1n) is 17.7. The number of hydrogen-bond donors (Lipinski definition) is 0. The van der Waals surface area contributed by atoms with E-state index in [-0.39, 0.29) is 11.3 Å². The second-order valence-corrected chi connectivity index (χ2v) is 15.7. The number of rotatable bonds is 4. The molecule has 3 heteroatoms. The van der Waals surface area contributed by atoms with Crippen molar-refractivity contribution < 1.29 is 0 Å². The van der Waals surface area contributed by atoms with Crippen LogP contribution in [0.5, 0.6) is 0 Å². The number of fused-ring (bicyclic) bond motifs is 7. The van der Waals surface area contributed by atoms with Crippen LogP contribution < -0.4 is 10.4 Å². The molecule has 50 heavy (non-hydrogen) atoms. The molecule has 4 aliphatic rings. The van der Waals surface area contributed by atoms with Gasteiger partial charge >= 0.3 is 0 Å². The van der Waals surface area contributed by atoms with E-state index in [1.807, 2.05) is 11.8 Å². The Balaban J connectivity index is 1.12. The molecule has 2 nitrogen and oxygen atoms in total. The van der Waals surface area contributed by atoms with Gasteiger partial charge < -0.3 is 0 Å². The Labute approximate surface area is 297 Å². The maximum atomic E-state index is 5.19. The monoisotopic (exact) mass is 660 g/mol. The minimum absolute atomic E-state index is 0.160. The second-order valence-electron chi connectivity index (χ2n) is 14.5. The van der Waals surface area contributed by atoms with Crippen molar-refractivity contribution in [2.24, 2.45) is 5.92 Å². The second kappa shape index (κ2) is 11.4. The van der Waals surface area contributed by atoms with E-state index in [0.717, 1.165) is 40.3 Å². The maximum Gasteiger partial charge on any atom is 0.160 e. The predicted molar refractivity (Wildman–Crippen MR) is 208 cm³/mol. The van der Waals surface area contributed by atoms with Crippen molar-refractivity contribution in [2.45, 2.75) is 41.7 Å². The lowest BCUT2D eigenvalue weighted by atomic mass is 9.70. The molecule has 0 saturated heterocycles. The zero-order chi connectivity index (χ0) is 33.4. The van der Waals surface area contributed by atoms with Gasteiger partial charge in [-0.1, -0.05) is 153 Å². The van der Waals surface area contributed by atoms with Crippen molar-refractivity contribution in [1.82, 2.24) is 9.97 Å². The Morgan fingerprint density at radius 2 is 1.34 bits per heavy atom. The lowest BCUT2D eigenvalue weighted by Crippen LogP contribution is -2.39. The van der Waals surface area contributed by atoms with Gasteiger partial charge in [0.25, 0.3) is 0 Å². The Bertz CT molecular complexity index is 2470. The molecule has 1 aromatic heterocycles. The highest BCUT2D eigenvalue weighted by molar-refractivity contribution is 8.00. The van der Waals surface area contributed by atoms with Crippen molar-refractivity contribution in [2.75, 3.05) is 0 Å². The summed E-state index contributed by atoms with van der Waals surface area (Å²) in [6.45, 7) is 4.86. The molecule has 5 aromatic carbocycles. The molecule has 6 aromatic rings. The van der Waals surface area contributed by atoms with Gasteiger partial charge in [0.05, 0.1) is 11.4 Å². The molecule has 3 aliphatic carbocycles. The molecule has 10 rings (SSSR count). The van der Waals surface area contributed by atoms with Crippen LogP contribution in [0, 0.1) is 5.92 Å². The molecule has 0 spiro atoms. The first-order chi connectivity index (χ1) is 24.5. The van der Waals surface area contributed by atoms with Gasteiger partial charge in [-0.05, 0) is 62.9 Å². The summed E-state index contributed by atoms with van der Waals surface area (Å²) in [5.41, 5.74) is 13.7. The summed E-state index contributed by atoms with van der Waals surface area (Å²) in [6.07, 6.45) is 8.52. The summed E-state index contributed by atoms with van der Waals surface area (Å²) in [5.74, 6) is 1.35. The standard InChI is InChI=1S/C47H36N2S/c1-47(2)39-26-33(46-48-40(29-13-5-3-6-14-29)28-41(49-46)30-15-7-4-8-16-30)22-24-37(39)44-38(25-31-17-9-10-18-34(31)45(44)47)32-21-23-36-35-19-11-12-20-42(35)50-43(36)27-32/h3-26,28,38,43-44H,27H2,1-2H3. The number of thioether (sulfide) groups is 1. The maximum absolute atomic E-state index is 5.19. The number of hydrogen-bond acceptors (Lipinski definition) is 3. The van der Waals surface area contributed by atoms with Gasteiger partial charge in [-0.25, -0.2) is 9.97 Å². The highest BCUT2D eigenvalue weighted by Gasteiger charge is 2.47. The Kier molecular flexibility index (Phi) is 6.76.